The minimum atomic E-state index is 0.322. The van der Waals surface area contributed by atoms with Crippen LogP contribution in [0.5, 0.6) is 0 Å². The number of anilines is 2. The van der Waals surface area contributed by atoms with Gasteiger partial charge in [-0.1, -0.05) is 0 Å². The second kappa shape index (κ2) is 2.85. The van der Waals surface area contributed by atoms with E-state index in [1.807, 2.05) is 19.1 Å². The number of aromatic nitrogens is 3. The van der Waals surface area contributed by atoms with Crippen LogP contribution in [0.1, 0.15) is 5.56 Å². The number of benzene rings is 1. The molecule has 1 aromatic carbocycles. The molecule has 0 bridgehead atoms. The zero-order chi connectivity index (χ0) is 11.3. The van der Waals surface area contributed by atoms with Gasteiger partial charge in [0.05, 0.1) is 11.0 Å². The molecule has 0 amide bonds. The van der Waals surface area contributed by atoms with Crippen LogP contribution in [0.25, 0.3) is 21.8 Å². The Morgan fingerprint density at radius 1 is 1.31 bits per heavy atom. The Kier molecular flexibility index (Phi) is 1.60. The van der Waals surface area contributed by atoms with Gasteiger partial charge in [0, 0.05) is 17.0 Å². The van der Waals surface area contributed by atoms with E-state index in [0.29, 0.717) is 11.8 Å². The zero-order valence-corrected chi connectivity index (χ0v) is 8.78. The van der Waals surface area contributed by atoms with Crippen molar-refractivity contribution in [2.75, 3.05) is 11.5 Å². The first-order chi connectivity index (χ1) is 7.66. The van der Waals surface area contributed by atoms with E-state index in [2.05, 4.69) is 15.0 Å². The quantitative estimate of drug-likeness (QED) is 0.528. The maximum atomic E-state index is 5.89. The third-order valence-corrected chi connectivity index (χ3v) is 2.73. The van der Waals surface area contributed by atoms with E-state index in [1.54, 1.807) is 6.20 Å². The van der Waals surface area contributed by atoms with Crippen molar-refractivity contribution in [3.8, 4) is 0 Å². The molecule has 0 atom stereocenters. The van der Waals surface area contributed by atoms with Crippen LogP contribution in [-0.2, 0) is 0 Å². The number of hydrogen-bond donors (Lipinski definition) is 3. The van der Waals surface area contributed by atoms with Crippen LogP contribution in [0.3, 0.4) is 0 Å². The number of hydrogen-bond acceptors (Lipinski definition) is 4. The molecule has 2 heterocycles. The van der Waals surface area contributed by atoms with E-state index in [9.17, 15) is 0 Å². The third-order valence-electron chi connectivity index (χ3n) is 2.73. The van der Waals surface area contributed by atoms with Crippen LogP contribution < -0.4 is 11.5 Å². The topological polar surface area (TPSA) is 93.6 Å². The maximum Gasteiger partial charge on any atom is 0.199 e. The fourth-order valence-electron chi connectivity index (χ4n) is 2.08. The van der Waals surface area contributed by atoms with E-state index < -0.39 is 0 Å². The molecule has 3 aromatic rings. The Morgan fingerprint density at radius 3 is 2.94 bits per heavy atom. The third kappa shape index (κ3) is 1.05. The predicted molar refractivity (Wildman–Crippen MR) is 65.0 cm³/mol. The molecule has 3 rings (SSSR count). The summed E-state index contributed by atoms with van der Waals surface area (Å²) in [5, 5.41) is 1.89. The van der Waals surface area contributed by atoms with Crippen molar-refractivity contribution in [2.45, 2.75) is 6.92 Å². The van der Waals surface area contributed by atoms with Crippen LogP contribution in [0.4, 0.5) is 11.8 Å². The summed E-state index contributed by atoms with van der Waals surface area (Å²) in [5.74, 6) is 0.757. The number of nitrogens with zero attached hydrogens (tertiary/aromatic N) is 2. The van der Waals surface area contributed by atoms with Crippen LogP contribution >= 0.6 is 0 Å². The fraction of sp³-hybridized carbons (Fsp3) is 0.0909. The molecule has 5 N–H and O–H groups in total. The van der Waals surface area contributed by atoms with Gasteiger partial charge in [-0.25, -0.2) is 0 Å². The number of rotatable bonds is 0. The number of fused-ring (bicyclic) bond motifs is 3. The van der Waals surface area contributed by atoms with Gasteiger partial charge in [-0.3, -0.25) is 4.98 Å². The summed E-state index contributed by atoms with van der Waals surface area (Å²) in [7, 11) is 0. The molecule has 0 spiro atoms. The van der Waals surface area contributed by atoms with E-state index in [-0.39, 0.29) is 0 Å². The average Bonchev–Trinajstić information content (AvgIpc) is 2.65. The second-order valence-corrected chi connectivity index (χ2v) is 3.83. The Morgan fingerprint density at radius 2 is 2.12 bits per heavy atom. The molecule has 2 aromatic heterocycles. The molecule has 0 radical (unpaired) electrons. The first kappa shape index (κ1) is 8.96. The molecular weight excluding hydrogens is 202 g/mol. The van der Waals surface area contributed by atoms with Crippen molar-refractivity contribution in [1.29, 1.82) is 0 Å². The SMILES string of the molecule is Cc1cc2[nH]c(N)nc(N)c2c2ccnc12. The lowest BCUT2D eigenvalue weighted by molar-refractivity contribution is 1.25. The van der Waals surface area contributed by atoms with Crippen LogP contribution in [0, 0.1) is 6.92 Å². The predicted octanol–water partition coefficient (Wildman–Crippen LogP) is 1.58. The standard InChI is InChI=1S/C11H11N5/c1-5-4-7-8(6-2-3-14-9(5)6)10(12)16-11(13)15-7/h2-4H,12H2,1H3,(H3,13,15,16). The molecule has 0 saturated carbocycles. The lowest BCUT2D eigenvalue weighted by Gasteiger charge is -2.06. The molecule has 80 valence electrons. The smallest absolute Gasteiger partial charge is 0.199 e. The van der Waals surface area contributed by atoms with Crippen molar-refractivity contribution in [3.63, 3.8) is 0 Å². The number of aromatic amines is 1. The first-order valence-electron chi connectivity index (χ1n) is 4.96. The van der Waals surface area contributed by atoms with Crippen molar-refractivity contribution < 1.29 is 0 Å². The van der Waals surface area contributed by atoms with Gasteiger partial charge in [-0.05, 0) is 24.6 Å². The van der Waals surface area contributed by atoms with Crippen LogP contribution in [0.2, 0.25) is 0 Å². The largest absolute Gasteiger partial charge is 0.383 e. The molecule has 0 fully saturated rings. The summed E-state index contributed by atoms with van der Waals surface area (Å²) in [6, 6.07) is 3.92. The van der Waals surface area contributed by atoms with Crippen molar-refractivity contribution >= 4 is 33.6 Å². The van der Waals surface area contributed by atoms with Gasteiger partial charge in [0.1, 0.15) is 5.82 Å². The van der Waals surface area contributed by atoms with Gasteiger partial charge in [0.2, 0.25) is 0 Å². The van der Waals surface area contributed by atoms with Crippen molar-refractivity contribution in [2.24, 2.45) is 0 Å². The highest BCUT2D eigenvalue weighted by Crippen LogP contribution is 2.29. The Labute approximate surface area is 91.5 Å². The first-order valence-corrected chi connectivity index (χ1v) is 4.96. The number of aryl methyl sites for hydroxylation is 1. The number of nitrogens with two attached hydrogens (primary N) is 2. The lowest BCUT2D eigenvalue weighted by Crippen LogP contribution is -2.01. The summed E-state index contributed by atoms with van der Waals surface area (Å²) in [6.45, 7) is 2.01. The van der Waals surface area contributed by atoms with Crippen LogP contribution in [0.15, 0.2) is 18.3 Å². The molecule has 0 aliphatic heterocycles. The minimum absolute atomic E-state index is 0.322. The summed E-state index contributed by atoms with van der Waals surface area (Å²) >= 11 is 0. The Hall–Kier alpha value is -2.30. The summed E-state index contributed by atoms with van der Waals surface area (Å²) in [5.41, 5.74) is 14.5. The zero-order valence-electron chi connectivity index (χ0n) is 8.78. The number of H-pyrrole nitrogens is 1. The Bertz CT molecular complexity index is 698. The van der Waals surface area contributed by atoms with Gasteiger partial charge in [-0.2, -0.15) is 4.98 Å². The van der Waals surface area contributed by atoms with E-state index in [4.69, 9.17) is 11.5 Å². The van der Waals surface area contributed by atoms with E-state index in [0.717, 1.165) is 27.4 Å². The van der Waals surface area contributed by atoms with Crippen LogP contribution in [-0.4, -0.2) is 15.0 Å². The van der Waals surface area contributed by atoms with E-state index >= 15 is 0 Å². The summed E-state index contributed by atoms with van der Waals surface area (Å²) in [4.78, 5) is 11.3. The fourth-order valence-corrected chi connectivity index (χ4v) is 2.08. The van der Waals surface area contributed by atoms with Gasteiger partial charge >= 0.3 is 0 Å². The lowest BCUT2D eigenvalue weighted by atomic mass is 10.1. The Balaban J connectivity index is 2.64. The van der Waals surface area contributed by atoms with E-state index in [1.165, 1.54) is 0 Å². The minimum Gasteiger partial charge on any atom is -0.383 e. The summed E-state index contributed by atoms with van der Waals surface area (Å²) < 4.78 is 0. The highest BCUT2D eigenvalue weighted by molar-refractivity contribution is 6.11. The molecule has 5 heteroatoms. The summed E-state index contributed by atoms with van der Waals surface area (Å²) in [6.07, 6.45) is 1.77. The molecule has 5 nitrogen and oxygen atoms in total. The maximum absolute atomic E-state index is 5.89. The van der Waals surface area contributed by atoms with Gasteiger partial charge < -0.3 is 16.5 Å². The monoisotopic (exact) mass is 213 g/mol. The second-order valence-electron chi connectivity index (χ2n) is 3.83. The van der Waals surface area contributed by atoms with Crippen molar-refractivity contribution in [3.05, 3.63) is 23.9 Å². The number of nitrogen functional groups attached to an aromatic ring is 2. The molecule has 16 heavy (non-hydrogen) atoms. The molecule has 0 aliphatic carbocycles. The van der Waals surface area contributed by atoms with Gasteiger partial charge in [-0.15, -0.1) is 0 Å². The van der Waals surface area contributed by atoms with Crippen molar-refractivity contribution in [1.82, 2.24) is 15.0 Å². The average molecular weight is 213 g/mol. The van der Waals surface area contributed by atoms with Gasteiger partial charge in [0.25, 0.3) is 0 Å². The molecule has 0 unspecified atom stereocenters. The highest BCUT2D eigenvalue weighted by atomic mass is 15.0. The molecule has 0 aliphatic rings. The molecule has 0 saturated heterocycles. The van der Waals surface area contributed by atoms with Gasteiger partial charge in [0.15, 0.2) is 5.95 Å². The highest BCUT2D eigenvalue weighted by Gasteiger charge is 2.10. The normalized spacial score (nSPS) is 11.3. The number of nitrogens with one attached hydrogen (secondary N) is 1. The molecular formula is C11H11N5.